The molecule has 1 rings (SSSR count). The number of nitrogens with zero attached hydrogens (tertiary/aromatic N) is 1. The second-order valence-electron chi connectivity index (χ2n) is 3.53. The highest BCUT2D eigenvalue weighted by Crippen LogP contribution is 2.37. The molecule has 0 fully saturated rings. The molecule has 1 heterocycles. The molecular formula is C11H11F4NO4. The minimum Gasteiger partial charge on any atom is -0.492 e. The lowest BCUT2D eigenvalue weighted by atomic mass is 10.2. The van der Waals surface area contributed by atoms with Gasteiger partial charge < -0.3 is 14.2 Å². The first-order valence-corrected chi connectivity index (χ1v) is 5.25. The molecule has 1 aromatic heterocycles. The van der Waals surface area contributed by atoms with Gasteiger partial charge in [-0.15, -0.1) is 13.2 Å². The van der Waals surface area contributed by atoms with Gasteiger partial charge in [0.1, 0.15) is 6.67 Å². The first-order chi connectivity index (χ1) is 9.32. The Hall–Kier alpha value is -2.06. The average molecular weight is 297 g/mol. The molecule has 20 heavy (non-hydrogen) atoms. The van der Waals surface area contributed by atoms with Crippen LogP contribution in [0.1, 0.15) is 11.3 Å². The highest BCUT2D eigenvalue weighted by molar-refractivity contribution is 5.73. The van der Waals surface area contributed by atoms with E-state index in [-0.39, 0.29) is 11.3 Å². The maximum Gasteiger partial charge on any atom is 0.573 e. The zero-order valence-electron chi connectivity index (χ0n) is 10.6. The van der Waals surface area contributed by atoms with E-state index < -0.39 is 36.9 Å². The maximum absolute atomic E-state index is 12.7. The Kier molecular flexibility index (Phi) is 5.12. The van der Waals surface area contributed by atoms with E-state index in [9.17, 15) is 22.4 Å². The topological polar surface area (TPSA) is 57.7 Å². The van der Waals surface area contributed by atoms with Crippen LogP contribution in [0.4, 0.5) is 17.6 Å². The Labute approximate surface area is 111 Å². The second kappa shape index (κ2) is 6.40. The molecule has 0 aliphatic heterocycles. The van der Waals surface area contributed by atoms with Crippen LogP contribution in [0.3, 0.4) is 0 Å². The number of carbonyl (C=O) groups excluding carboxylic acids is 1. The molecule has 5 nitrogen and oxygen atoms in total. The third-order valence-corrected chi connectivity index (χ3v) is 2.24. The lowest BCUT2D eigenvalue weighted by molar-refractivity contribution is -0.275. The number of pyridine rings is 1. The lowest BCUT2D eigenvalue weighted by Crippen LogP contribution is -2.20. The van der Waals surface area contributed by atoms with E-state index >= 15 is 0 Å². The van der Waals surface area contributed by atoms with Crippen molar-refractivity contribution in [1.82, 2.24) is 4.98 Å². The molecule has 0 spiro atoms. The van der Waals surface area contributed by atoms with Crippen molar-refractivity contribution in [2.45, 2.75) is 19.5 Å². The normalized spacial score (nSPS) is 11.1. The Balaban J connectivity index is 3.31. The van der Waals surface area contributed by atoms with Crippen LogP contribution < -0.4 is 9.47 Å². The van der Waals surface area contributed by atoms with Crippen molar-refractivity contribution in [3.63, 3.8) is 0 Å². The molecule has 0 atom stereocenters. The number of carbonyl (C=O) groups is 1. The number of hydrogen-bond acceptors (Lipinski definition) is 5. The summed E-state index contributed by atoms with van der Waals surface area (Å²) in [5, 5.41) is 0. The van der Waals surface area contributed by atoms with Crippen LogP contribution in [0.5, 0.6) is 11.5 Å². The summed E-state index contributed by atoms with van der Waals surface area (Å²) >= 11 is 0. The average Bonchev–Trinajstić information content (AvgIpc) is 2.38. The third-order valence-electron chi connectivity index (χ3n) is 2.24. The molecule has 0 N–H and O–H groups in total. The first-order valence-electron chi connectivity index (χ1n) is 5.25. The summed E-state index contributed by atoms with van der Waals surface area (Å²) in [6.07, 6.45) is -4.63. The van der Waals surface area contributed by atoms with E-state index in [2.05, 4.69) is 14.5 Å². The quantitative estimate of drug-likeness (QED) is 0.616. The van der Waals surface area contributed by atoms with Gasteiger partial charge in [-0.1, -0.05) is 0 Å². The second-order valence-corrected chi connectivity index (χ2v) is 3.53. The minimum atomic E-state index is -5.03. The van der Waals surface area contributed by atoms with E-state index in [1.165, 1.54) is 0 Å². The van der Waals surface area contributed by atoms with E-state index in [0.29, 0.717) is 0 Å². The van der Waals surface area contributed by atoms with Crippen LogP contribution in [0.25, 0.3) is 0 Å². The third kappa shape index (κ3) is 3.97. The van der Waals surface area contributed by atoms with Crippen molar-refractivity contribution >= 4 is 5.97 Å². The molecular weight excluding hydrogens is 286 g/mol. The summed E-state index contributed by atoms with van der Waals surface area (Å²) in [5.41, 5.74) is -0.580. The summed E-state index contributed by atoms with van der Waals surface area (Å²) in [7, 11) is 2.12. The van der Waals surface area contributed by atoms with Gasteiger partial charge in [-0.05, 0) is 0 Å². The molecule has 1 aromatic rings. The van der Waals surface area contributed by atoms with Crippen molar-refractivity contribution in [1.29, 1.82) is 0 Å². The predicted molar refractivity (Wildman–Crippen MR) is 58.0 cm³/mol. The van der Waals surface area contributed by atoms with Gasteiger partial charge in [0.25, 0.3) is 0 Å². The van der Waals surface area contributed by atoms with Gasteiger partial charge in [-0.25, -0.2) is 4.39 Å². The van der Waals surface area contributed by atoms with Crippen molar-refractivity contribution in [3.05, 3.63) is 17.5 Å². The van der Waals surface area contributed by atoms with Crippen LogP contribution in [0.15, 0.2) is 6.20 Å². The summed E-state index contributed by atoms with van der Waals surface area (Å²) in [4.78, 5) is 14.7. The van der Waals surface area contributed by atoms with Crippen molar-refractivity contribution in [2.24, 2.45) is 0 Å². The molecule has 0 saturated carbocycles. The number of aromatic nitrogens is 1. The van der Waals surface area contributed by atoms with Gasteiger partial charge >= 0.3 is 12.3 Å². The highest BCUT2D eigenvalue weighted by Gasteiger charge is 2.35. The number of alkyl halides is 4. The molecule has 9 heteroatoms. The van der Waals surface area contributed by atoms with Gasteiger partial charge in [0.2, 0.25) is 0 Å². The summed E-state index contributed by atoms with van der Waals surface area (Å²) in [5.74, 6) is -2.13. The predicted octanol–water partition coefficient (Wildman–Crippen LogP) is 2.17. The van der Waals surface area contributed by atoms with E-state index in [0.717, 1.165) is 20.4 Å². The monoisotopic (exact) mass is 297 g/mol. The summed E-state index contributed by atoms with van der Waals surface area (Å²) in [6.45, 7) is -1.09. The summed E-state index contributed by atoms with van der Waals surface area (Å²) in [6, 6.07) is 0. The van der Waals surface area contributed by atoms with E-state index in [4.69, 9.17) is 4.74 Å². The molecule has 0 saturated heterocycles. The number of methoxy groups -OCH3 is 2. The molecule has 0 radical (unpaired) electrons. The Morgan fingerprint density at radius 2 is 1.95 bits per heavy atom. The number of esters is 1. The fourth-order valence-electron chi connectivity index (χ4n) is 1.42. The smallest absolute Gasteiger partial charge is 0.492 e. The number of ether oxygens (including phenoxy) is 3. The van der Waals surface area contributed by atoms with Crippen LogP contribution in [0, 0.1) is 0 Å². The minimum absolute atomic E-state index is 0.222. The van der Waals surface area contributed by atoms with Crippen LogP contribution >= 0.6 is 0 Å². The van der Waals surface area contributed by atoms with Gasteiger partial charge in [0, 0.05) is 11.8 Å². The van der Waals surface area contributed by atoms with Gasteiger partial charge in [0.15, 0.2) is 11.5 Å². The highest BCUT2D eigenvalue weighted by atomic mass is 19.4. The molecule has 0 aromatic carbocycles. The van der Waals surface area contributed by atoms with Gasteiger partial charge in [0.05, 0.1) is 26.3 Å². The number of halogens is 4. The van der Waals surface area contributed by atoms with Gasteiger partial charge in [-0.3, -0.25) is 9.78 Å². The molecule has 112 valence electrons. The van der Waals surface area contributed by atoms with Gasteiger partial charge in [-0.2, -0.15) is 0 Å². The fourth-order valence-corrected chi connectivity index (χ4v) is 1.42. The van der Waals surface area contributed by atoms with Crippen LogP contribution in [-0.2, 0) is 22.6 Å². The SMILES string of the molecule is COC(=O)Cc1ncc(CF)c(OC)c1OC(F)(F)F. The largest absolute Gasteiger partial charge is 0.573 e. The van der Waals surface area contributed by atoms with Crippen LogP contribution in [0.2, 0.25) is 0 Å². The Bertz CT molecular complexity index is 490. The van der Waals surface area contributed by atoms with E-state index in [1.807, 2.05) is 0 Å². The number of hydrogen-bond donors (Lipinski definition) is 0. The Morgan fingerprint density at radius 1 is 1.30 bits per heavy atom. The standard InChI is InChI=1S/C11H11F4NO4/c1-18-8(17)3-7-10(20-11(13,14)15)9(19-2)6(4-12)5-16-7/h5H,3-4H2,1-2H3. The molecule has 0 bridgehead atoms. The fraction of sp³-hybridized carbons (Fsp3) is 0.455. The first kappa shape index (κ1) is 16.0. The Morgan fingerprint density at radius 3 is 2.40 bits per heavy atom. The lowest BCUT2D eigenvalue weighted by Gasteiger charge is -2.17. The van der Waals surface area contributed by atoms with Crippen molar-refractivity contribution < 1.29 is 36.6 Å². The molecule has 0 amide bonds. The maximum atomic E-state index is 12.7. The summed E-state index contributed by atoms with van der Waals surface area (Å²) < 4.78 is 62.7. The number of rotatable bonds is 5. The zero-order valence-corrected chi connectivity index (χ0v) is 10.6. The molecule has 0 aliphatic carbocycles. The molecule has 0 unspecified atom stereocenters. The zero-order chi connectivity index (χ0) is 15.3. The van der Waals surface area contributed by atoms with Crippen LogP contribution in [-0.4, -0.2) is 31.5 Å². The van der Waals surface area contributed by atoms with E-state index in [1.54, 1.807) is 0 Å². The van der Waals surface area contributed by atoms with Crippen molar-refractivity contribution in [2.75, 3.05) is 14.2 Å². The molecule has 0 aliphatic rings. The van der Waals surface area contributed by atoms with Crippen molar-refractivity contribution in [3.8, 4) is 11.5 Å².